The highest BCUT2D eigenvalue weighted by atomic mass is 16.5. The third-order valence-electron chi connectivity index (χ3n) is 5.20. The second-order valence-electron chi connectivity index (χ2n) is 7.02. The Morgan fingerprint density at radius 2 is 2.00 bits per heavy atom. The Kier molecular flexibility index (Phi) is 5.22. The third-order valence-corrected chi connectivity index (χ3v) is 5.20. The lowest BCUT2D eigenvalue weighted by molar-refractivity contribution is 0.0955. The fourth-order valence-electron chi connectivity index (χ4n) is 3.58. The van der Waals surface area contributed by atoms with E-state index in [1.807, 2.05) is 6.07 Å². The molecule has 2 heterocycles. The van der Waals surface area contributed by atoms with E-state index in [2.05, 4.69) is 15.5 Å². The quantitative estimate of drug-likeness (QED) is 0.519. The van der Waals surface area contributed by atoms with Crippen LogP contribution in [0.2, 0.25) is 0 Å². The van der Waals surface area contributed by atoms with Crippen molar-refractivity contribution in [1.82, 2.24) is 15.0 Å². The Labute approximate surface area is 173 Å². The molecule has 8 nitrogen and oxygen atoms in total. The number of nitrogens with zero attached hydrogens (tertiary/aromatic N) is 3. The molecule has 1 amide bonds. The lowest BCUT2D eigenvalue weighted by Crippen LogP contribution is -2.22. The molecule has 8 heteroatoms. The second-order valence-corrected chi connectivity index (χ2v) is 7.02. The third kappa shape index (κ3) is 3.52. The summed E-state index contributed by atoms with van der Waals surface area (Å²) in [7, 11) is 3.14. The summed E-state index contributed by atoms with van der Waals surface area (Å²) in [6, 6.07) is 10.3. The molecule has 0 saturated heterocycles. The maximum absolute atomic E-state index is 12.6. The van der Waals surface area contributed by atoms with Crippen LogP contribution < -0.4 is 20.5 Å². The SMILES string of the molecule is COc1ccc(/C(C)=N\NC(=O)c2ccc3c(=O)n4c(nc3c2)CCC4)c(OC)c1. The Hall–Kier alpha value is -3.68. The molecule has 0 spiro atoms. The van der Waals surface area contributed by atoms with Crippen molar-refractivity contribution in [2.75, 3.05) is 14.2 Å². The van der Waals surface area contributed by atoms with Gasteiger partial charge in [0.05, 0.1) is 30.8 Å². The number of amides is 1. The number of carbonyl (C=O) groups excluding carboxylic acids is 1. The molecule has 0 saturated carbocycles. The van der Waals surface area contributed by atoms with E-state index in [0.717, 1.165) is 24.2 Å². The van der Waals surface area contributed by atoms with E-state index in [9.17, 15) is 9.59 Å². The Morgan fingerprint density at radius 3 is 2.77 bits per heavy atom. The van der Waals surface area contributed by atoms with Crippen LogP contribution in [0.25, 0.3) is 10.9 Å². The van der Waals surface area contributed by atoms with E-state index in [1.165, 1.54) is 0 Å². The van der Waals surface area contributed by atoms with Crippen LogP contribution in [-0.4, -0.2) is 35.4 Å². The first-order valence-corrected chi connectivity index (χ1v) is 9.62. The molecule has 0 unspecified atom stereocenters. The van der Waals surface area contributed by atoms with Crippen LogP contribution >= 0.6 is 0 Å². The molecule has 2 aromatic carbocycles. The van der Waals surface area contributed by atoms with Gasteiger partial charge in [0.2, 0.25) is 0 Å². The number of hydrogen-bond acceptors (Lipinski definition) is 6. The number of aromatic nitrogens is 2. The van der Waals surface area contributed by atoms with Crippen molar-refractivity contribution in [3.63, 3.8) is 0 Å². The Bertz CT molecular complexity index is 1230. The van der Waals surface area contributed by atoms with Crippen LogP contribution in [0, 0.1) is 0 Å². The van der Waals surface area contributed by atoms with Gasteiger partial charge in [0.15, 0.2) is 0 Å². The topological polar surface area (TPSA) is 94.8 Å². The van der Waals surface area contributed by atoms with Crippen LogP contribution in [-0.2, 0) is 13.0 Å². The summed E-state index contributed by atoms with van der Waals surface area (Å²) in [5.74, 6) is 1.64. The van der Waals surface area contributed by atoms with Crippen molar-refractivity contribution in [2.24, 2.45) is 5.10 Å². The molecule has 1 aromatic heterocycles. The average molecular weight is 406 g/mol. The van der Waals surface area contributed by atoms with Crippen molar-refractivity contribution < 1.29 is 14.3 Å². The van der Waals surface area contributed by atoms with E-state index >= 15 is 0 Å². The minimum absolute atomic E-state index is 0.0556. The minimum Gasteiger partial charge on any atom is -0.497 e. The number of nitrogens with one attached hydrogen (secondary N) is 1. The van der Waals surface area contributed by atoms with Crippen LogP contribution in [0.1, 0.15) is 35.1 Å². The molecule has 0 aliphatic carbocycles. The van der Waals surface area contributed by atoms with Crippen molar-refractivity contribution in [3.8, 4) is 11.5 Å². The zero-order valence-corrected chi connectivity index (χ0v) is 17.1. The Balaban J connectivity index is 1.59. The molecule has 0 fully saturated rings. The van der Waals surface area contributed by atoms with Crippen LogP contribution in [0.5, 0.6) is 11.5 Å². The molecule has 0 atom stereocenters. The maximum atomic E-state index is 12.6. The molecular formula is C22H22N4O4. The van der Waals surface area contributed by atoms with Gasteiger partial charge in [-0.25, -0.2) is 10.4 Å². The highest BCUT2D eigenvalue weighted by Crippen LogP contribution is 2.25. The number of rotatable bonds is 5. The van der Waals surface area contributed by atoms with Gasteiger partial charge in [-0.2, -0.15) is 5.10 Å². The number of carbonyl (C=O) groups is 1. The summed E-state index contributed by atoms with van der Waals surface area (Å²) in [6.07, 6.45) is 1.68. The van der Waals surface area contributed by atoms with E-state index in [-0.39, 0.29) is 11.5 Å². The number of methoxy groups -OCH3 is 2. The van der Waals surface area contributed by atoms with Gasteiger partial charge < -0.3 is 9.47 Å². The van der Waals surface area contributed by atoms with Gasteiger partial charge in [-0.05, 0) is 43.7 Å². The van der Waals surface area contributed by atoms with E-state index in [1.54, 1.807) is 56.0 Å². The fourth-order valence-corrected chi connectivity index (χ4v) is 3.58. The van der Waals surface area contributed by atoms with E-state index < -0.39 is 0 Å². The van der Waals surface area contributed by atoms with Crippen molar-refractivity contribution >= 4 is 22.5 Å². The summed E-state index contributed by atoms with van der Waals surface area (Å²) in [4.78, 5) is 29.7. The lowest BCUT2D eigenvalue weighted by Gasteiger charge is -2.10. The summed E-state index contributed by atoms with van der Waals surface area (Å²) in [5.41, 5.74) is 4.73. The van der Waals surface area contributed by atoms with E-state index in [4.69, 9.17) is 9.47 Å². The van der Waals surface area contributed by atoms with Gasteiger partial charge in [0.1, 0.15) is 17.3 Å². The molecule has 0 radical (unpaired) electrons. The molecule has 154 valence electrons. The smallest absolute Gasteiger partial charge is 0.271 e. The van der Waals surface area contributed by atoms with Gasteiger partial charge in [-0.15, -0.1) is 0 Å². The fraction of sp³-hybridized carbons (Fsp3) is 0.273. The van der Waals surface area contributed by atoms with Crippen LogP contribution in [0.15, 0.2) is 46.3 Å². The molecule has 1 aliphatic heterocycles. The largest absolute Gasteiger partial charge is 0.497 e. The molecule has 0 bridgehead atoms. The summed E-state index contributed by atoms with van der Waals surface area (Å²) >= 11 is 0. The van der Waals surface area contributed by atoms with Gasteiger partial charge in [0, 0.05) is 30.2 Å². The van der Waals surface area contributed by atoms with Crippen molar-refractivity contribution in [3.05, 3.63) is 63.7 Å². The molecule has 1 aliphatic rings. The van der Waals surface area contributed by atoms with E-state index in [0.29, 0.717) is 40.2 Å². The summed E-state index contributed by atoms with van der Waals surface area (Å²) in [5, 5.41) is 4.71. The average Bonchev–Trinajstić information content (AvgIpc) is 3.25. The predicted octanol–water partition coefficient (Wildman–Crippen LogP) is 2.51. The standard InChI is InChI=1S/C22H22N4O4/c1-13(16-9-7-15(29-2)12-19(16)30-3)24-25-21(27)14-6-8-17-18(11-14)23-20-5-4-10-26(20)22(17)28/h6-9,11-12H,4-5,10H2,1-3H3,(H,25,27)/b24-13-. The number of ether oxygens (including phenoxy) is 2. The number of aryl methyl sites for hydroxylation is 1. The van der Waals surface area contributed by atoms with Gasteiger partial charge >= 0.3 is 0 Å². The number of benzene rings is 2. The second kappa shape index (κ2) is 7.98. The first-order valence-electron chi connectivity index (χ1n) is 9.62. The monoisotopic (exact) mass is 406 g/mol. The molecule has 3 aromatic rings. The number of hydrazone groups is 1. The maximum Gasteiger partial charge on any atom is 0.271 e. The van der Waals surface area contributed by atoms with Crippen molar-refractivity contribution in [1.29, 1.82) is 0 Å². The summed E-state index contributed by atoms with van der Waals surface area (Å²) < 4.78 is 12.3. The zero-order valence-electron chi connectivity index (χ0n) is 17.1. The Morgan fingerprint density at radius 1 is 1.17 bits per heavy atom. The summed E-state index contributed by atoms with van der Waals surface area (Å²) in [6.45, 7) is 2.47. The number of hydrogen-bond donors (Lipinski definition) is 1. The zero-order chi connectivity index (χ0) is 21.3. The normalized spacial score (nSPS) is 13.2. The molecule has 30 heavy (non-hydrogen) atoms. The first-order chi connectivity index (χ1) is 14.5. The predicted molar refractivity (Wildman–Crippen MR) is 114 cm³/mol. The van der Waals surface area contributed by atoms with Crippen LogP contribution in [0.3, 0.4) is 0 Å². The molecular weight excluding hydrogens is 384 g/mol. The highest BCUT2D eigenvalue weighted by molar-refractivity contribution is 6.03. The number of fused-ring (bicyclic) bond motifs is 2. The van der Waals surface area contributed by atoms with Crippen molar-refractivity contribution in [2.45, 2.75) is 26.3 Å². The minimum atomic E-state index is -0.383. The van der Waals surface area contributed by atoms with Gasteiger partial charge in [0.25, 0.3) is 11.5 Å². The van der Waals surface area contributed by atoms with Gasteiger partial charge in [-0.3, -0.25) is 14.2 Å². The first kappa shape index (κ1) is 19.6. The highest BCUT2D eigenvalue weighted by Gasteiger charge is 2.17. The molecule has 1 N–H and O–H groups in total. The van der Waals surface area contributed by atoms with Gasteiger partial charge in [-0.1, -0.05) is 0 Å². The molecule has 4 rings (SSSR count). The van der Waals surface area contributed by atoms with Crippen LogP contribution in [0.4, 0.5) is 0 Å². The lowest BCUT2D eigenvalue weighted by atomic mass is 10.1.